The first-order valence-electron chi connectivity index (χ1n) is 8.76. The fourth-order valence-electron chi connectivity index (χ4n) is 3.13. The molecule has 1 aliphatic heterocycles. The lowest BCUT2D eigenvalue weighted by atomic mass is 10.2. The molecule has 2 aromatic rings. The lowest BCUT2D eigenvalue weighted by molar-refractivity contribution is 0.249. The van der Waals surface area contributed by atoms with Gasteiger partial charge in [0.1, 0.15) is 5.82 Å². The Hall–Kier alpha value is -1.93. The SMILES string of the molecule is CN=C(NCc1nnc(C)n1C)NCC(c1cccs1)N1CCCC1. The van der Waals surface area contributed by atoms with Gasteiger partial charge in [0, 0.05) is 25.5 Å². The van der Waals surface area contributed by atoms with E-state index in [0.29, 0.717) is 12.6 Å². The molecular weight excluding hydrogens is 334 g/mol. The molecule has 0 spiro atoms. The van der Waals surface area contributed by atoms with Gasteiger partial charge in [-0.15, -0.1) is 21.5 Å². The zero-order valence-corrected chi connectivity index (χ0v) is 16.0. The van der Waals surface area contributed by atoms with Crippen LogP contribution in [-0.2, 0) is 13.6 Å². The third-order valence-electron chi connectivity index (χ3n) is 4.74. The molecular formula is C17H27N7S. The monoisotopic (exact) mass is 361 g/mol. The topological polar surface area (TPSA) is 70.4 Å². The van der Waals surface area contributed by atoms with E-state index in [1.807, 2.05) is 29.9 Å². The van der Waals surface area contributed by atoms with Gasteiger partial charge in [0.05, 0.1) is 12.6 Å². The van der Waals surface area contributed by atoms with Crippen LogP contribution in [-0.4, -0.2) is 52.3 Å². The number of likely N-dealkylation sites (tertiary alicyclic amines) is 1. The number of nitrogens with one attached hydrogen (secondary N) is 2. The van der Waals surface area contributed by atoms with E-state index < -0.39 is 0 Å². The molecule has 0 amide bonds. The zero-order valence-electron chi connectivity index (χ0n) is 15.2. The van der Waals surface area contributed by atoms with Crippen molar-refractivity contribution in [3.63, 3.8) is 0 Å². The molecule has 25 heavy (non-hydrogen) atoms. The summed E-state index contributed by atoms with van der Waals surface area (Å²) < 4.78 is 1.99. The number of aryl methyl sites for hydroxylation is 1. The average molecular weight is 362 g/mol. The molecule has 1 saturated heterocycles. The number of nitrogens with zero attached hydrogens (tertiary/aromatic N) is 5. The highest BCUT2D eigenvalue weighted by atomic mass is 32.1. The smallest absolute Gasteiger partial charge is 0.191 e. The van der Waals surface area contributed by atoms with Crippen molar-refractivity contribution >= 4 is 17.3 Å². The van der Waals surface area contributed by atoms with Crippen molar-refractivity contribution in [2.24, 2.45) is 12.0 Å². The molecule has 0 aliphatic carbocycles. The molecule has 1 unspecified atom stereocenters. The molecule has 1 fully saturated rings. The quantitative estimate of drug-likeness (QED) is 0.605. The van der Waals surface area contributed by atoms with E-state index in [4.69, 9.17) is 0 Å². The van der Waals surface area contributed by atoms with Gasteiger partial charge in [-0.05, 0) is 44.3 Å². The van der Waals surface area contributed by atoms with Crippen LogP contribution < -0.4 is 10.6 Å². The summed E-state index contributed by atoms with van der Waals surface area (Å²) in [6.45, 7) is 5.75. The Morgan fingerprint density at radius 1 is 1.32 bits per heavy atom. The molecule has 1 aliphatic rings. The van der Waals surface area contributed by atoms with E-state index in [9.17, 15) is 0 Å². The first-order valence-corrected chi connectivity index (χ1v) is 9.64. The molecule has 0 bridgehead atoms. The number of guanidine groups is 1. The molecule has 2 N–H and O–H groups in total. The third-order valence-corrected chi connectivity index (χ3v) is 5.71. The van der Waals surface area contributed by atoms with Crippen LogP contribution in [0.4, 0.5) is 0 Å². The molecule has 0 aromatic carbocycles. The van der Waals surface area contributed by atoms with Gasteiger partial charge >= 0.3 is 0 Å². The summed E-state index contributed by atoms with van der Waals surface area (Å²) in [7, 11) is 3.77. The van der Waals surface area contributed by atoms with Crippen molar-refractivity contribution in [2.75, 3.05) is 26.7 Å². The van der Waals surface area contributed by atoms with E-state index in [-0.39, 0.29) is 0 Å². The highest BCUT2D eigenvalue weighted by Crippen LogP contribution is 2.27. The van der Waals surface area contributed by atoms with Crippen molar-refractivity contribution in [2.45, 2.75) is 32.4 Å². The van der Waals surface area contributed by atoms with Crippen LogP contribution in [0.2, 0.25) is 0 Å². The highest BCUT2D eigenvalue weighted by molar-refractivity contribution is 7.10. The maximum Gasteiger partial charge on any atom is 0.191 e. The molecule has 3 rings (SSSR count). The Balaban J connectivity index is 1.57. The molecule has 2 aromatic heterocycles. The van der Waals surface area contributed by atoms with Crippen LogP contribution in [0.15, 0.2) is 22.5 Å². The normalized spacial score (nSPS) is 17.0. The van der Waals surface area contributed by atoms with Crippen molar-refractivity contribution in [3.05, 3.63) is 34.0 Å². The summed E-state index contributed by atoms with van der Waals surface area (Å²) in [6, 6.07) is 4.76. The maximum atomic E-state index is 4.34. The standard InChI is InChI=1S/C17H27N7S/c1-13-21-22-16(23(13)3)12-20-17(18-2)19-11-14(15-7-6-10-25-15)24-8-4-5-9-24/h6-7,10,14H,4-5,8-9,11-12H2,1-3H3,(H2,18,19,20). The van der Waals surface area contributed by atoms with Crippen LogP contribution in [0.3, 0.4) is 0 Å². The van der Waals surface area contributed by atoms with Gasteiger partial charge in [-0.2, -0.15) is 0 Å². The third kappa shape index (κ3) is 4.38. The Labute approximate surface area is 153 Å². The molecule has 7 nitrogen and oxygen atoms in total. The van der Waals surface area contributed by atoms with Crippen molar-refractivity contribution in [3.8, 4) is 0 Å². The van der Waals surface area contributed by atoms with E-state index in [0.717, 1.165) is 24.2 Å². The lowest BCUT2D eigenvalue weighted by Crippen LogP contribution is -2.42. The summed E-state index contributed by atoms with van der Waals surface area (Å²) in [5, 5.41) is 17.2. The molecule has 0 radical (unpaired) electrons. The van der Waals surface area contributed by atoms with Crippen LogP contribution >= 0.6 is 11.3 Å². The first-order chi connectivity index (χ1) is 12.2. The van der Waals surface area contributed by atoms with Crippen LogP contribution in [0, 0.1) is 6.92 Å². The van der Waals surface area contributed by atoms with Gasteiger partial charge in [-0.1, -0.05) is 6.07 Å². The number of hydrogen-bond donors (Lipinski definition) is 2. The Bertz CT molecular complexity index is 686. The summed E-state index contributed by atoms with van der Waals surface area (Å²) >= 11 is 1.83. The first kappa shape index (κ1) is 17.9. The van der Waals surface area contributed by atoms with E-state index >= 15 is 0 Å². The summed E-state index contributed by atoms with van der Waals surface area (Å²) in [6.07, 6.45) is 2.58. The van der Waals surface area contributed by atoms with Crippen LogP contribution in [0.25, 0.3) is 0 Å². The Morgan fingerprint density at radius 2 is 2.12 bits per heavy atom. The Kier molecular flexibility index (Phi) is 6.04. The number of rotatable bonds is 6. The number of thiophene rings is 1. The lowest BCUT2D eigenvalue weighted by Gasteiger charge is -2.27. The van der Waals surface area contributed by atoms with E-state index in [2.05, 4.69) is 48.2 Å². The fourth-order valence-corrected chi connectivity index (χ4v) is 3.99. The maximum absolute atomic E-state index is 4.34. The second-order valence-electron chi connectivity index (χ2n) is 6.30. The predicted octanol–water partition coefficient (Wildman–Crippen LogP) is 1.69. The molecule has 0 saturated carbocycles. The largest absolute Gasteiger partial charge is 0.354 e. The van der Waals surface area contributed by atoms with Crippen LogP contribution in [0.1, 0.15) is 35.4 Å². The van der Waals surface area contributed by atoms with Crippen molar-refractivity contribution in [1.82, 2.24) is 30.3 Å². The zero-order chi connectivity index (χ0) is 17.6. The average Bonchev–Trinajstić information content (AvgIpc) is 3.37. The van der Waals surface area contributed by atoms with Crippen molar-refractivity contribution in [1.29, 1.82) is 0 Å². The summed E-state index contributed by atoms with van der Waals surface area (Å²) in [4.78, 5) is 8.32. The molecule has 3 heterocycles. The van der Waals surface area contributed by atoms with Gasteiger partial charge in [-0.25, -0.2) is 0 Å². The van der Waals surface area contributed by atoms with Crippen molar-refractivity contribution < 1.29 is 0 Å². The summed E-state index contributed by atoms with van der Waals surface area (Å²) in [5.41, 5.74) is 0. The Morgan fingerprint density at radius 3 is 2.72 bits per heavy atom. The van der Waals surface area contributed by atoms with Gasteiger partial charge < -0.3 is 15.2 Å². The van der Waals surface area contributed by atoms with Crippen LogP contribution in [0.5, 0.6) is 0 Å². The predicted molar refractivity (Wildman–Crippen MR) is 102 cm³/mol. The minimum absolute atomic E-state index is 0.401. The molecule has 136 valence electrons. The van der Waals surface area contributed by atoms with Gasteiger partial charge in [-0.3, -0.25) is 9.89 Å². The number of aliphatic imine (C=N–C) groups is 1. The van der Waals surface area contributed by atoms with E-state index in [1.54, 1.807) is 7.05 Å². The van der Waals surface area contributed by atoms with Gasteiger partial charge in [0.15, 0.2) is 11.8 Å². The minimum atomic E-state index is 0.401. The number of hydrogen-bond acceptors (Lipinski definition) is 5. The highest BCUT2D eigenvalue weighted by Gasteiger charge is 2.24. The second kappa shape index (κ2) is 8.44. The van der Waals surface area contributed by atoms with Gasteiger partial charge in [0.25, 0.3) is 0 Å². The minimum Gasteiger partial charge on any atom is -0.354 e. The van der Waals surface area contributed by atoms with E-state index in [1.165, 1.54) is 30.8 Å². The second-order valence-corrected chi connectivity index (χ2v) is 7.28. The fraction of sp³-hybridized carbons (Fsp3) is 0.588. The summed E-state index contributed by atoms with van der Waals surface area (Å²) in [5.74, 6) is 2.60. The molecule has 1 atom stereocenters. The number of aromatic nitrogens is 3. The molecule has 8 heteroatoms. The van der Waals surface area contributed by atoms with Gasteiger partial charge in [0.2, 0.25) is 0 Å².